The van der Waals surface area contributed by atoms with Crippen molar-refractivity contribution in [3.63, 3.8) is 0 Å². The number of rotatable bonds is 4. The van der Waals surface area contributed by atoms with Crippen LogP contribution in [0.4, 0.5) is 0 Å². The molecular weight excluding hydrogens is 232 g/mol. The molecule has 1 aromatic carbocycles. The van der Waals surface area contributed by atoms with Crippen molar-refractivity contribution in [1.82, 2.24) is 15.0 Å². The first-order chi connectivity index (χ1) is 8.79. The quantitative estimate of drug-likeness (QED) is 0.747. The van der Waals surface area contributed by atoms with E-state index in [4.69, 9.17) is 5.26 Å². The molecule has 0 radical (unpaired) electrons. The second-order valence-corrected chi connectivity index (χ2v) is 3.52. The SMILES string of the molecule is N#CCOC(=O)c1cn(Cc2ccccc2)nn1. The first kappa shape index (κ1) is 11.8. The van der Waals surface area contributed by atoms with Gasteiger partial charge in [-0.05, 0) is 5.56 Å². The van der Waals surface area contributed by atoms with Gasteiger partial charge in [0, 0.05) is 0 Å². The Kier molecular flexibility index (Phi) is 3.66. The number of nitrogens with zero attached hydrogens (tertiary/aromatic N) is 4. The fourth-order valence-electron chi connectivity index (χ4n) is 1.41. The second-order valence-electron chi connectivity index (χ2n) is 3.52. The maximum atomic E-state index is 11.4. The van der Waals surface area contributed by atoms with Gasteiger partial charge in [0.1, 0.15) is 6.07 Å². The Morgan fingerprint density at radius 1 is 1.39 bits per heavy atom. The van der Waals surface area contributed by atoms with Crippen LogP contribution in [0, 0.1) is 11.3 Å². The molecule has 0 atom stereocenters. The average molecular weight is 242 g/mol. The third-order valence-electron chi connectivity index (χ3n) is 2.20. The highest BCUT2D eigenvalue weighted by atomic mass is 16.5. The van der Waals surface area contributed by atoms with E-state index in [9.17, 15) is 4.79 Å². The lowest BCUT2D eigenvalue weighted by molar-refractivity contribution is 0.0548. The Hall–Kier alpha value is -2.68. The van der Waals surface area contributed by atoms with E-state index in [1.54, 1.807) is 6.07 Å². The fourth-order valence-corrected chi connectivity index (χ4v) is 1.41. The lowest BCUT2D eigenvalue weighted by Crippen LogP contribution is -2.05. The zero-order valence-corrected chi connectivity index (χ0v) is 9.48. The maximum absolute atomic E-state index is 11.4. The second kappa shape index (κ2) is 5.59. The summed E-state index contributed by atoms with van der Waals surface area (Å²) in [6, 6.07) is 11.4. The van der Waals surface area contributed by atoms with Gasteiger partial charge in [0.05, 0.1) is 12.7 Å². The highest BCUT2D eigenvalue weighted by molar-refractivity contribution is 5.86. The molecule has 0 spiro atoms. The van der Waals surface area contributed by atoms with E-state index < -0.39 is 5.97 Å². The van der Waals surface area contributed by atoms with E-state index in [1.165, 1.54) is 10.9 Å². The van der Waals surface area contributed by atoms with Gasteiger partial charge in [-0.2, -0.15) is 5.26 Å². The Labute approximate surface area is 103 Å². The van der Waals surface area contributed by atoms with E-state index in [1.807, 2.05) is 30.3 Å². The molecular formula is C12H10N4O2. The van der Waals surface area contributed by atoms with Gasteiger partial charge in [0.15, 0.2) is 12.3 Å². The number of benzene rings is 1. The largest absolute Gasteiger partial charge is 0.445 e. The Morgan fingerprint density at radius 3 is 2.89 bits per heavy atom. The number of ether oxygens (including phenoxy) is 1. The van der Waals surface area contributed by atoms with E-state index in [2.05, 4.69) is 15.0 Å². The van der Waals surface area contributed by atoms with Crippen LogP contribution in [0.1, 0.15) is 16.1 Å². The molecule has 0 aliphatic heterocycles. The molecule has 0 saturated carbocycles. The summed E-state index contributed by atoms with van der Waals surface area (Å²) in [4.78, 5) is 11.4. The summed E-state index contributed by atoms with van der Waals surface area (Å²) in [5.74, 6) is -0.643. The summed E-state index contributed by atoms with van der Waals surface area (Å²) in [6.45, 7) is 0.240. The molecule has 0 bridgehead atoms. The Balaban J connectivity index is 2.03. The number of nitriles is 1. The summed E-state index contributed by atoms with van der Waals surface area (Å²) in [5.41, 5.74) is 1.15. The standard InChI is InChI=1S/C12H10N4O2/c13-6-7-18-12(17)11-9-16(15-14-11)8-10-4-2-1-3-5-10/h1-5,9H,7-8H2. The van der Waals surface area contributed by atoms with Crippen LogP contribution in [0.15, 0.2) is 36.5 Å². The van der Waals surface area contributed by atoms with Crippen LogP contribution < -0.4 is 0 Å². The third-order valence-corrected chi connectivity index (χ3v) is 2.20. The summed E-state index contributed by atoms with van der Waals surface area (Å²) < 4.78 is 6.16. The molecule has 0 unspecified atom stereocenters. The summed E-state index contributed by atoms with van der Waals surface area (Å²) in [7, 11) is 0. The summed E-state index contributed by atoms with van der Waals surface area (Å²) in [6.07, 6.45) is 1.49. The first-order valence-electron chi connectivity index (χ1n) is 5.28. The van der Waals surface area contributed by atoms with Crippen LogP contribution in [0.5, 0.6) is 0 Å². The predicted octanol–water partition coefficient (Wildman–Crippen LogP) is 1.01. The molecule has 0 saturated heterocycles. The van der Waals surface area contributed by atoms with Gasteiger partial charge in [0.25, 0.3) is 0 Å². The molecule has 1 heterocycles. The molecule has 0 amide bonds. The van der Waals surface area contributed by atoms with Gasteiger partial charge >= 0.3 is 5.97 Å². The molecule has 0 fully saturated rings. The smallest absolute Gasteiger partial charge is 0.361 e. The van der Waals surface area contributed by atoms with E-state index in [0.717, 1.165) is 5.56 Å². The number of aromatic nitrogens is 3. The van der Waals surface area contributed by atoms with E-state index >= 15 is 0 Å². The van der Waals surface area contributed by atoms with Crippen molar-refractivity contribution in [3.8, 4) is 6.07 Å². The van der Waals surface area contributed by atoms with Crippen molar-refractivity contribution in [2.24, 2.45) is 0 Å². The van der Waals surface area contributed by atoms with Crippen molar-refractivity contribution in [2.75, 3.05) is 6.61 Å². The molecule has 6 nitrogen and oxygen atoms in total. The first-order valence-corrected chi connectivity index (χ1v) is 5.28. The normalized spacial score (nSPS) is 9.72. The molecule has 0 aliphatic rings. The lowest BCUT2D eigenvalue weighted by atomic mass is 10.2. The van der Waals surface area contributed by atoms with Crippen molar-refractivity contribution >= 4 is 5.97 Å². The average Bonchev–Trinajstić information content (AvgIpc) is 2.86. The molecule has 2 rings (SSSR count). The Morgan fingerprint density at radius 2 is 2.17 bits per heavy atom. The lowest BCUT2D eigenvalue weighted by Gasteiger charge is -1.99. The van der Waals surface area contributed by atoms with Crippen molar-refractivity contribution in [1.29, 1.82) is 5.26 Å². The third kappa shape index (κ3) is 2.92. The van der Waals surface area contributed by atoms with Crippen molar-refractivity contribution < 1.29 is 9.53 Å². The predicted molar refractivity (Wildman–Crippen MR) is 61.5 cm³/mol. The molecule has 90 valence electrons. The van der Waals surface area contributed by atoms with Crippen molar-refractivity contribution in [3.05, 3.63) is 47.8 Å². The molecule has 0 aliphatic carbocycles. The number of esters is 1. The van der Waals surface area contributed by atoms with Crippen LogP contribution in [-0.2, 0) is 11.3 Å². The Bertz CT molecular complexity index is 571. The van der Waals surface area contributed by atoms with Gasteiger partial charge in [-0.3, -0.25) is 0 Å². The monoisotopic (exact) mass is 242 g/mol. The molecule has 6 heteroatoms. The fraction of sp³-hybridized carbons (Fsp3) is 0.167. The van der Waals surface area contributed by atoms with Crippen LogP contribution in [0.3, 0.4) is 0 Å². The number of hydrogen-bond acceptors (Lipinski definition) is 5. The van der Waals surface area contributed by atoms with Crippen molar-refractivity contribution in [2.45, 2.75) is 6.54 Å². The minimum absolute atomic E-state index is 0.0983. The van der Waals surface area contributed by atoms with Crippen LogP contribution in [-0.4, -0.2) is 27.6 Å². The van der Waals surface area contributed by atoms with Gasteiger partial charge < -0.3 is 4.74 Å². The zero-order chi connectivity index (χ0) is 12.8. The topological polar surface area (TPSA) is 80.8 Å². The number of hydrogen-bond donors (Lipinski definition) is 0. The van der Waals surface area contributed by atoms with Gasteiger partial charge in [-0.1, -0.05) is 35.5 Å². The van der Waals surface area contributed by atoms with Gasteiger partial charge in [-0.15, -0.1) is 5.10 Å². The van der Waals surface area contributed by atoms with Crippen LogP contribution in [0.25, 0.3) is 0 Å². The van der Waals surface area contributed by atoms with E-state index in [0.29, 0.717) is 6.54 Å². The molecule has 0 N–H and O–H groups in total. The number of carbonyl (C=O) groups is 1. The van der Waals surface area contributed by atoms with Crippen LogP contribution in [0.2, 0.25) is 0 Å². The highest BCUT2D eigenvalue weighted by Gasteiger charge is 2.11. The van der Waals surface area contributed by atoms with Gasteiger partial charge in [-0.25, -0.2) is 9.48 Å². The van der Waals surface area contributed by atoms with Gasteiger partial charge in [0.2, 0.25) is 0 Å². The molecule has 2 aromatic rings. The maximum Gasteiger partial charge on any atom is 0.361 e. The molecule has 18 heavy (non-hydrogen) atoms. The highest BCUT2D eigenvalue weighted by Crippen LogP contribution is 2.03. The zero-order valence-electron chi connectivity index (χ0n) is 9.48. The van der Waals surface area contributed by atoms with Crippen LogP contribution >= 0.6 is 0 Å². The molecule has 1 aromatic heterocycles. The summed E-state index contributed by atoms with van der Waals surface area (Å²) >= 11 is 0. The minimum atomic E-state index is -0.643. The minimum Gasteiger partial charge on any atom is -0.445 e. The number of carbonyl (C=O) groups excluding carboxylic acids is 1. The van der Waals surface area contributed by atoms with E-state index in [-0.39, 0.29) is 12.3 Å². The summed E-state index contributed by atoms with van der Waals surface area (Å²) in [5, 5.41) is 15.8.